The van der Waals surface area contributed by atoms with Crippen molar-refractivity contribution in [3.05, 3.63) is 194 Å². The Bertz CT molecular complexity index is 3460. The van der Waals surface area contributed by atoms with E-state index in [1.54, 1.807) is 0 Å². The van der Waals surface area contributed by atoms with Crippen LogP contribution in [0.5, 0.6) is 0 Å². The molecule has 0 bridgehead atoms. The van der Waals surface area contributed by atoms with Crippen molar-refractivity contribution >= 4 is 103 Å². The van der Waals surface area contributed by atoms with Gasteiger partial charge < -0.3 is 13.9 Å². The van der Waals surface area contributed by atoms with Crippen LogP contribution >= 0.6 is 11.3 Å². The number of thiophene rings is 1. The second-order valence-electron chi connectivity index (χ2n) is 14.4. The fourth-order valence-electron chi connectivity index (χ4n) is 8.94. The molecule has 262 valence electrons. The lowest BCUT2D eigenvalue weighted by atomic mass is 10.0. The fourth-order valence-corrected chi connectivity index (χ4v) is 10.2. The molecule has 56 heavy (non-hydrogen) atoms. The summed E-state index contributed by atoms with van der Waals surface area (Å²) in [5, 5.41) is 9.53. The first kappa shape index (κ1) is 31.2. The van der Waals surface area contributed by atoms with E-state index >= 15 is 0 Å². The molecule has 0 N–H and O–H groups in total. The third-order valence-corrected chi connectivity index (χ3v) is 12.6. The number of furan rings is 1. The molecule has 0 aliphatic rings. The van der Waals surface area contributed by atoms with Gasteiger partial charge >= 0.3 is 0 Å². The summed E-state index contributed by atoms with van der Waals surface area (Å²) in [5.74, 6) is 0. The third kappa shape index (κ3) is 4.57. The van der Waals surface area contributed by atoms with Crippen LogP contribution in [0.2, 0.25) is 0 Å². The van der Waals surface area contributed by atoms with Crippen LogP contribution in [0.25, 0.3) is 91.5 Å². The van der Waals surface area contributed by atoms with Crippen LogP contribution in [0.3, 0.4) is 0 Å². The Balaban J connectivity index is 1.16. The van der Waals surface area contributed by atoms with Gasteiger partial charge in [0, 0.05) is 47.4 Å². The van der Waals surface area contributed by atoms with Crippen LogP contribution in [0.15, 0.2) is 199 Å². The summed E-state index contributed by atoms with van der Waals surface area (Å²) in [4.78, 5) is 2.44. The molecule has 3 heterocycles. The van der Waals surface area contributed by atoms with Gasteiger partial charge in [-0.05, 0) is 77.2 Å². The first-order chi connectivity index (χ1) is 27.8. The summed E-state index contributed by atoms with van der Waals surface area (Å²) < 4.78 is 11.8. The minimum atomic E-state index is 0.861. The van der Waals surface area contributed by atoms with E-state index in [1.807, 2.05) is 11.3 Å². The molecular formula is C52H32N2OS. The molecule has 12 aromatic rings. The fraction of sp³-hybridized carbons (Fsp3) is 0. The molecule has 0 amide bonds. The lowest BCUT2D eigenvalue weighted by molar-refractivity contribution is 0.672. The molecule has 9 aromatic carbocycles. The van der Waals surface area contributed by atoms with Crippen LogP contribution < -0.4 is 4.90 Å². The van der Waals surface area contributed by atoms with E-state index in [-0.39, 0.29) is 0 Å². The van der Waals surface area contributed by atoms with Gasteiger partial charge in [0.1, 0.15) is 11.2 Å². The number of aromatic nitrogens is 1. The van der Waals surface area contributed by atoms with Crippen LogP contribution in [-0.2, 0) is 0 Å². The molecule has 0 fully saturated rings. The van der Waals surface area contributed by atoms with Gasteiger partial charge in [-0.2, -0.15) is 0 Å². The first-order valence-electron chi connectivity index (χ1n) is 19.0. The second kappa shape index (κ2) is 12.2. The van der Waals surface area contributed by atoms with Crippen molar-refractivity contribution in [2.24, 2.45) is 0 Å². The Morgan fingerprint density at radius 1 is 0.464 bits per heavy atom. The largest absolute Gasteiger partial charge is 0.455 e. The Morgan fingerprint density at radius 2 is 1.12 bits per heavy atom. The molecule has 0 atom stereocenters. The average molecular weight is 733 g/mol. The van der Waals surface area contributed by atoms with Gasteiger partial charge in [-0.1, -0.05) is 133 Å². The maximum absolute atomic E-state index is 6.79. The number of fused-ring (bicyclic) bond motifs is 11. The molecule has 4 heteroatoms. The normalized spacial score (nSPS) is 11.9. The highest BCUT2D eigenvalue weighted by atomic mass is 32.1. The molecule has 3 nitrogen and oxygen atoms in total. The van der Waals surface area contributed by atoms with E-state index in [1.165, 1.54) is 53.1 Å². The molecule has 0 radical (unpaired) electrons. The topological polar surface area (TPSA) is 21.3 Å². The van der Waals surface area contributed by atoms with E-state index in [0.717, 1.165) is 55.5 Å². The summed E-state index contributed by atoms with van der Waals surface area (Å²) in [6, 6.07) is 70.2. The molecule has 0 saturated carbocycles. The SMILES string of the molecule is c1cc(-c2cccc3c2sc2ccccc23)cc(N(c2ccccc2-n2c3ccccc3c3ccccc32)c2cccc3oc4c5ccccc5ccc4c23)c1. The van der Waals surface area contributed by atoms with Crippen LogP contribution in [-0.4, -0.2) is 4.57 Å². The maximum Gasteiger partial charge on any atom is 0.143 e. The highest BCUT2D eigenvalue weighted by molar-refractivity contribution is 7.26. The summed E-state index contributed by atoms with van der Waals surface area (Å²) in [6.07, 6.45) is 0. The number of benzene rings is 9. The van der Waals surface area contributed by atoms with Gasteiger partial charge in [-0.15, -0.1) is 11.3 Å². The highest BCUT2D eigenvalue weighted by Crippen LogP contribution is 2.48. The maximum atomic E-state index is 6.79. The number of anilines is 3. The van der Waals surface area contributed by atoms with Gasteiger partial charge in [0.05, 0.1) is 33.5 Å². The predicted octanol–water partition coefficient (Wildman–Crippen LogP) is 15.3. The van der Waals surface area contributed by atoms with Gasteiger partial charge in [-0.3, -0.25) is 0 Å². The summed E-state index contributed by atoms with van der Waals surface area (Å²) >= 11 is 1.87. The molecule has 12 rings (SSSR count). The number of nitrogens with zero attached hydrogens (tertiary/aromatic N) is 2. The van der Waals surface area contributed by atoms with Crippen molar-refractivity contribution in [2.45, 2.75) is 0 Å². The van der Waals surface area contributed by atoms with Gasteiger partial charge in [-0.25, -0.2) is 0 Å². The minimum Gasteiger partial charge on any atom is -0.455 e. The lowest BCUT2D eigenvalue weighted by Gasteiger charge is -2.29. The van der Waals surface area contributed by atoms with Crippen molar-refractivity contribution < 1.29 is 4.42 Å². The van der Waals surface area contributed by atoms with Crippen molar-refractivity contribution in [1.29, 1.82) is 0 Å². The Hall–Kier alpha value is -7.14. The Labute approximate surface area is 326 Å². The molecule has 0 aliphatic heterocycles. The Kier molecular flexibility index (Phi) is 6.80. The number of rotatable bonds is 5. The van der Waals surface area contributed by atoms with Crippen LogP contribution in [0, 0.1) is 0 Å². The smallest absolute Gasteiger partial charge is 0.143 e. The van der Waals surface area contributed by atoms with Crippen molar-refractivity contribution in [3.8, 4) is 16.8 Å². The van der Waals surface area contributed by atoms with E-state index in [9.17, 15) is 0 Å². The monoisotopic (exact) mass is 732 g/mol. The Morgan fingerprint density at radius 3 is 1.98 bits per heavy atom. The molecule has 0 saturated heterocycles. The molecule has 3 aromatic heterocycles. The standard InChI is InChI=1S/C52H32N2OS/c1-2-17-36-33(14-1)30-31-42-50-47(27-13-28-48(50)55-51(36)42)53(35-16-11-15-34(32-35)37-21-12-22-41-40-20-5-10-29-49(40)56-52(37)41)45-25-8-9-26-46(45)54-43-23-6-3-18-38(43)39-19-4-7-24-44(39)54/h1-32H. The first-order valence-corrected chi connectivity index (χ1v) is 19.8. The minimum absolute atomic E-state index is 0.861. The summed E-state index contributed by atoms with van der Waals surface area (Å²) in [7, 11) is 0. The summed E-state index contributed by atoms with van der Waals surface area (Å²) in [5.41, 5.74) is 10.8. The zero-order valence-electron chi connectivity index (χ0n) is 30.2. The molecule has 0 spiro atoms. The van der Waals surface area contributed by atoms with Gasteiger partial charge in [0.25, 0.3) is 0 Å². The average Bonchev–Trinajstić information content (AvgIpc) is 3.94. The highest BCUT2D eigenvalue weighted by Gasteiger charge is 2.24. The lowest BCUT2D eigenvalue weighted by Crippen LogP contribution is -2.13. The zero-order chi connectivity index (χ0) is 36.7. The quantitative estimate of drug-likeness (QED) is 0.176. The zero-order valence-corrected chi connectivity index (χ0v) is 31.0. The predicted molar refractivity (Wildman–Crippen MR) is 239 cm³/mol. The van der Waals surface area contributed by atoms with Crippen molar-refractivity contribution in [2.75, 3.05) is 4.90 Å². The summed E-state index contributed by atoms with van der Waals surface area (Å²) in [6.45, 7) is 0. The van der Waals surface area contributed by atoms with Crippen LogP contribution in [0.1, 0.15) is 0 Å². The van der Waals surface area contributed by atoms with Crippen molar-refractivity contribution in [3.63, 3.8) is 0 Å². The molecular weight excluding hydrogens is 701 g/mol. The molecule has 0 unspecified atom stereocenters. The van der Waals surface area contributed by atoms with Gasteiger partial charge in [0.2, 0.25) is 0 Å². The van der Waals surface area contributed by atoms with Gasteiger partial charge in [0.15, 0.2) is 0 Å². The third-order valence-electron chi connectivity index (χ3n) is 11.4. The number of para-hydroxylation sites is 4. The van der Waals surface area contributed by atoms with E-state index in [2.05, 4.69) is 204 Å². The van der Waals surface area contributed by atoms with E-state index < -0.39 is 0 Å². The van der Waals surface area contributed by atoms with Crippen molar-refractivity contribution in [1.82, 2.24) is 4.57 Å². The molecule has 0 aliphatic carbocycles. The van der Waals surface area contributed by atoms with E-state index in [0.29, 0.717) is 0 Å². The number of hydrogen-bond acceptors (Lipinski definition) is 3. The number of hydrogen-bond donors (Lipinski definition) is 0. The van der Waals surface area contributed by atoms with Crippen LogP contribution in [0.4, 0.5) is 17.1 Å². The second-order valence-corrected chi connectivity index (χ2v) is 15.5. The van der Waals surface area contributed by atoms with E-state index in [4.69, 9.17) is 4.42 Å².